The summed E-state index contributed by atoms with van der Waals surface area (Å²) < 4.78 is 4.99. The van der Waals surface area contributed by atoms with E-state index in [0.717, 1.165) is 23.6 Å². The highest BCUT2D eigenvalue weighted by atomic mass is 16.5. The lowest BCUT2D eigenvalue weighted by Gasteiger charge is -2.09. The summed E-state index contributed by atoms with van der Waals surface area (Å²) in [5, 5.41) is 7.20. The van der Waals surface area contributed by atoms with Gasteiger partial charge in [-0.1, -0.05) is 42.8 Å². The molecule has 2 aromatic rings. The summed E-state index contributed by atoms with van der Waals surface area (Å²) in [5.41, 5.74) is 5.63. The molecule has 7 heteroatoms. The largest absolute Gasteiger partial charge is 0.456 e. The zero-order chi connectivity index (χ0) is 18.8. The number of hydrogen-bond donors (Lipinski definition) is 3. The fraction of sp³-hybridized carbons (Fsp3) is 0.316. The number of ether oxygens (including phenoxy) is 1. The molecule has 2 rings (SSSR count). The van der Waals surface area contributed by atoms with Crippen LogP contribution in [-0.2, 0) is 14.3 Å². The predicted octanol–water partition coefficient (Wildman–Crippen LogP) is 2.55. The zero-order valence-electron chi connectivity index (χ0n) is 14.5. The van der Waals surface area contributed by atoms with Crippen LogP contribution < -0.4 is 16.4 Å². The number of primary amides is 1. The molecule has 0 saturated heterocycles. The SMILES string of the molecule is NC(=O)NCCCCCC(=O)OCC(=O)Nc1cccc2ccccc12. The maximum Gasteiger partial charge on any atom is 0.312 e. The lowest BCUT2D eigenvalue weighted by atomic mass is 10.1. The summed E-state index contributed by atoms with van der Waals surface area (Å²) in [5.74, 6) is -0.790. The Morgan fingerprint density at radius 3 is 2.54 bits per heavy atom. The molecule has 0 heterocycles. The predicted molar refractivity (Wildman–Crippen MR) is 99.6 cm³/mol. The van der Waals surface area contributed by atoms with Crippen molar-refractivity contribution in [2.24, 2.45) is 5.73 Å². The van der Waals surface area contributed by atoms with Crippen LogP contribution >= 0.6 is 0 Å². The van der Waals surface area contributed by atoms with E-state index in [2.05, 4.69) is 10.6 Å². The van der Waals surface area contributed by atoms with E-state index >= 15 is 0 Å². The molecule has 138 valence electrons. The van der Waals surface area contributed by atoms with Gasteiger partial charge < -0.3 is 21.1 Å². The van der Waals surface area contributed by atoms with Gasteiger partial charge in [-0.05, 0) is 24.3 Å². The van der Waals surface area contributed by atoms with Crippen LogP contribution in [0.5, 0.6) is 0 Å². The number of benzene rings is 2. The summed E-state index contributed by atoms with van der Waals surface area (Å²) in [4.78, 5) is 34.2. The number of hydrogen-bond acceptors (Lipinski definition) is 4. The number of carbonyl (C=O) groups is 3. The van der Waals surface area contributed by atoms with Gasteiger partial charge in [0.05, 0.1) is 0 Å². The minimum absolute atomic E-state index is 0.234. The third-order valence-corrected chi connectivity index (χ3v) is 3.78. The average Bonchev–Trinajstić information content (AvgIpc) is 2.63. The van der Waals surface area contributed by atoms with Gasteiger partial charge in [0.1, 0.15) is 0 Å². The van der Waals surface area contributed by atoms with E-state index in [1.54, 1.807) is 0 Å². The Bertz CT molecular complexity index is 771. The molecule has 0 radical (unpaired) electrons. The molecule has 0 unspecified atom stereocenters. The van der Waals surface area contributed by atoms with Gasteiger partial charge in [-0.2, -0.15) is 0 Å². The Morgan fingerprint density at radius 1 is 0.962 bits per heavy atom. The number of amides is 3. The minimum atomic E-state index is -0.554. The number of nitrogens with two attached hydrogens (primary N) is 1. The Hall–Kier alpha value is -3.09. The monoisotopic (exact) mass is 357 g/mol. The molecule has 2 aromatic carbocycles. The number of urea groups is 1. The second-order valence-electron chi connectivity index (χ2n) is 5.84. The smallest absolute Gasteiger partial charge is 0.312 e. The van der Waals surface area contributed by atoms with Gasteiger partial charge in [0.15, 0.2) is 6.61 Å². The van der Waals surface area contributed by atoms with E-state index in [4.69, 9.17) is 10.5 Å². The standard InChI is InChI=1S/C19H23N3O4/c20-19(25)21-12-5-1-2-11-18(24)26-13-17(23)22-16-10-6-8-14-7-3-4-9-15(14)16/h3-4,6-10H,1-2,5,11-13H2,(H,22,23)(H3,20,21,25). The van der Waals surface area contributed by atoms with E-state index < -0.39 is 12.0 Å². The second-order valence-corrected chi connectivity index (χ2v) is 5.84. The number of unbranched alkanes of at least 4 members (excludes halogenated alkanes) is 2. The lowest BCUT2D eigenvalue weighted by molar-refractivity contribution is -0.147. The first-order chi connectivity index (χ1) is 12.6. The summed E-state index contributed by atoms with van der Waals surface area (Å²) >= 11 is 0. The van der Waals surface area contributed by atoms with Gasteiger partial charge in [0.25, 0.3) is 5.91 Å². The molecule has 0 saturated carbocycles. The molecule has 3 amide bonds. The van der Waals surface area contributed by atoms with Crippen molar-refractivity contribution in [3.63, 3.8) is 0 Å². The summed E-state index contributed by atoms with van der Waals surface area (Å²) in [6.07, 6.45) is 2.36. The molecule has 7 nitrogen and oxygen atoms in total. The number of esters is 1. The van der Waals surface area contributed by atoms with Gasteiger partial charge in [-0.15, -0.1) is 0 Å². The molecule has 0 aliphatic rings. The van der Waals surface area contributed by atoms with Crippen LogP contribution in [0.15, 0.2) is 42.5 Å². The van der Waals surface area contributed by atoms with Gasteiger partial charge in [0, 0.05) is 24.0 Å². The van der Waals surface area contributed by atoms with E-state index in [1.807, 2.05) is 42.5 Å². The Kier molecular flexibility index (Phi) is 7.42. The fourth-order valence-electron chi connectivity index (χ4n) is 2.52. The van der Waals surface area contributed by atoms with Crippen LogP contribution in [0.1, 0.15) is 25.7 Å². The van der Waals surface area contributed by atoms with E-state index in [0.29, 0.717) is 18.7 Å². The lowest BCUT2D eigenvalue weighted by Crippen LogP contribution is -2.29. The van der Waals surface area contributed by atoms with Crippen LogP contribution in [-0.4, -0.2) is 31.1 Å². The van der Waals surface area contributed by atoms with Gasteiger partial charge >= 0.3 is 12.0 Å². The molecule has 0 aromatic heterocycles. The summed E-state index contributed by atoms with van der Waals surface area (Å²) in [6, 6.07) is 12.8. The molecule has 26 heavy (non-hydrogen) atoms. The van der Waals surface area contributed by atoms with Crippen LogP contribution in [0.25, 0.3) is 10.8 Å². The maximum absolute atomic E-state index is 12.0. The first-order valence-electron chi connectivity index (χ1n) is 8.53. The van der Waals surface area contributed by atoms with Crippen molar-refractivity contribution in [1.82, 2.24) is 5.32 Å². The number of nitrogens with one attached hydrogen (secondary N) is 2. The van der Waals surface area contributed by atoms with Crippen molar-refractivity contribution in [3.8, 4) is 0 Å². The highest BCUT2D eigenvalue weighted by Gasteiger charge is 2.09. The Labute approximate surface area is 151 Å². The number of rotatable bonds is 9. The minimum Gasteiger partial charge on any atom is -0.456 e. The van der Waals surface area contributed by atoms with E-state index in [1.165, 1.54) is 0 Å². The maximum atomic E-state index is 12.0. The first kappa shape index (κ1) is 19.2. The first-order valence-corrected chi connectivity index (χ1v) is 8.53. The Morgan fingerprint density at radius 2 is 1.73 bits per heavy atom. The normalized spacial score (nSPS) is 10.3. The van der Waals surface area contributed by atoms with Crippen molar-refractivity contribution in [3.05, 3.63) is 42.5 Å². The number of fused-ring (bicyclic) bond motifs is 1. The second kappa shape index (κ2) is 10.0. The molecule has 4 N–H and O–H groups in total. The van der Waals surface area contributed by atoms with E-state index in [-0.39, 0.29) is 18.9 Å². The van der Waals surface area contributed by atoms with Crippen LogP contribution in [0, 0.1) is 0 Å². The van der Waals surface area contributed by atoms with Crippen molar-refractivity contribution < 1.29 is 19.1 Å². The molecule has 0 spiro atoms. The van der Waals surface area contributed by atoms with Gasteiger partial charge in [0.2, 0.25) is 0 Å². The number of carbonyl (C=O) groups excluding carboxylic acids is 3. The molecular weight excluding hydrogens is 334 g/mol. The van der Waals surface area contributed by atoms with Crippen LogP contribution in [0.2, 0.25) is 0 Å². The molecule has 0 bridgehead atoms. The van der Waals surface area contributed by atoms with Crippen molar-refractivity contribution >= 4 is 34.4 Å². The van der Waals surface area contributed by atoms with Crippen molar-refractivity contribution in [2.75, 3.05) is 18.5 Å². The highest BCUT2D eigenvalue weighted by molar-refractivity contribution is 6.02. The zero-order valence-corrected chi connectivity index (χ0v) is 14.5. The van der Waals surface area contributed by atoms with Gasteiger partial charge in [-0.25, -0.2) is 4.79 Å². The topological polar surface area (TPSA) is 111 Å². The summed E-state index contributed by atoms with van der Waals surface area (Å²) in [7, 11) is 0. The van der Waals surface area contributed by atoms with E-state index in [9.17, 15) is 14.4 Å². The average molecular weight is 357 g/mol. The molecule has 0 atom stereocenters. The fourth-order valence-corrected chi connectivity index (χ4v) is 2.52. The third kappa shape index (κ3) is 6.43. The highest BCUT2D eigenvalue weighted by Crippen LogP contribution is 2.22. The van der Waals surface area contributed by atoms with Crippen LogP contribution in [0.3, 0.4) is 0 Å². The van der Waals surface area contributed by atoms with Crippen LogP contribution in [0.4, 0.5) is 10.5 Å². The molecule has 0 aliphatic carbocycles. The third-order valence-electron chi connectivity index (χ3n) is 3.78. The molecule has 0 fully saturated rings. The van der Waals surface area contributed by atoms with Crippen molar-refractivity contribution in [2.45, 2.75) is 25.7 Å². The molecular formula is C19H23N3O4. The van der Waals surface area contributed by atoms with Crippen molar-refractivity contribution in [1.29, 1.82) is 0 Å². The number of anilines is 1. The molecule has 0 aliphatic heterocycles. The summed E-state index contributed by atoms with van der Waals surface area (Å²) in [6.45, 7) is 0.170. The quantitative estimate of drug-likeness (QED) is 0.473. The van der Waals surface area contributed by atoms with Gasteiger partial charge in [-0.3, -0.25) is 9.59 Å². The Balaban J connectivity index is 1.68.